The Morgan fingerprint density at radius 3 is 2.59 bits per heavy atom. The first-order chi connectivity index (χ1) is 20.6. The number of aromatic nitrogens is 2. The molecule has 2 heterocycles. The van der Waals surface area contributed by atoms with E-state index in [4.69, 9.17) is 14.6 Å². The van der Waals surface area contributed by atoms with Gasteiger partial charge in [-0.3, -0.25) is 9.11 Å². The topological polar surface area (TPSA) is 161 Å². The van der Waals surface area contributed by atoms with Gasteiger partial charge in [-0.2, -0.15) is 0 Å². The van der Waals surface area contributed by atoms with E-state index in [0.717, 1.165) is 33.6 Å². The summed E-state index contributed by atoms with van der Waals surface area (Å²) in [7, 11) is -3.84. The summed E-state index contributed by atoms with van der Waals surface area (Å²) in [6, 6.07) is 4.49. The van der Waals surface area contributed by atoms with Crippen molar-refractivity contribution in [2.45, 2.75) is 38.1 Å². The van der Waals surface area contributed by atoms with Crippen LogP contribution >= 0.6 is 10.8 Å². The number of hydrogen-bond donors (Lipinski definition) is 4. The monoisotopic (exact) mass is 653 g/mol. The van der Waals surface area contributed by atoms with Crippen LogP contribution < -0.4 is 4.74 Å². The average Bonchev–Trinajstić information content (AvgIpc) is 2.93. The first-order valence-corrected chi connectivity index (χ1v) is 18.8. The Morgan fingerprint density at radius 1 is 1.25 bits per heavy atom. The van der Waals surface area contributed by atoms with Gasteiger partial charge in [0.2, 0.25) is 11.8 Å². The van der Waals surface area contributed by atoms with Gasteiger partial charge in [0.1, 0.15) is 30.4 Å². The molecule has 1 aliphatic heterocycles. The maximum Gasteiger partial charge on any atom is 0.416 e. The predicted molar refractivity (Wildman–Crippen MR) is 167 cm³/mol. The first kappa shape index (κ1) is 34.9. The number of carboxylic acid groups (broad SMARTS) is 1. The lowest BCUT2D eigenvalue weighted by Crippen LogP contribution is -2.53. The average molecular weight is 654 g/mol. The SMILES string of the molecule is CN1C(N(COCC[Si](C)(C)C)C(=O)O)=NC(C)(c2cc(/C=C(\F)c3cnc(OCC#CCO)cn3)ccc2F)CS1(O)O. The Morgan fingerprint density at radius 2 is 1.98 bits per heavy atom. The van der Waals surface area contributed by atoms with E-state index in [0.29, 0.717) is 6.61 Å². The quantitative estimate of drug-likeness (QED) is 0.120. The van der Waals surface area contributed by atoms with Gasteiger partial charge in [0.25, 0.3) is 0 Å². The molecule has 12 nitrogen and oxygen atoms in total. The highest BCUT2D eigenvalue weighted by atomic mass is 32.3. The summed E-state index contributed by atoms with van der Waals surface area (Å²) >= 11 is 0. The highest BCUT2D eigenvalue weighted by Crippen LogP contribution is 2.52. The molecule has 0 saturated carbocycles. The lowest BCUT2D eigenvalue weighted by atomic mass is 9.92. The van der Waals surface area contributed by atoms with Crippen molar-refractivity contribution in [1.82, 2.24) is 19.2 Å². The molecular formula is C28H37F2N5O7SSi. The number of hydrogen-bond acceptors (Lipinski definition) is 10. The molecule has 3 rings (SSSR count). The van der Waals surface area contributed by atoms with Gasteiger partial charge >= 0.3 is 6.09 Å². The number of benzene rings is 1. The molecule has 1 atom stereocenters. The predicted octanol–water partition coefficient (Wildman–Crippen LogP) is 4.93. The molecule has 0 fully saturated rings. The molecule has 16 heteroatoms. The van der Waals surface area contributed by atoms with Crippen molar-refractivity contribution in [3.8, 4) is 17.7 Å². The molecule has 4 N–H and O–H groups in total. The maximum atomic E-state index is 15.3. The lowest BCUT2D eigenvalue weighted by molar-refractivity contribution is 0.0650. The molecule has 0 bridgehead atoms. The molecule has 240 valence electrons. The molecule has 2 aromatic rings. The smallest absolute Gasteiger partial charge is 0.416 e. The molecule has 0 saturated heterocycles. The van der Waals surface area contributed by atoms with Crippen LogP contribution in [0.5, 0.6) is 5.88 Å². The van der Waals surface area contributed by atoms with E-state index in [2.05, 4.69) is 46.4 Å². The summed E-state index contributed by atoms with van der Waals surface area (Å²) in [6.45, 7) is 7.41. The third-order valence-corrected chi connectivity index (χ3v) is 10.2. The van der Waals surface area contributed by atoms with Crippen molar-refractivity contribution in [3.63, 3.8) is 0 Å². The molecule has 1 amide bonds. The van der Waals surface area contributed by atoms with Crippen LogP contribution in [0, 0.1) is 17.7 Å². The first-order valence-electron chi connectivity index (χ1n) is 13.4. The molecule has 0 spiro atoms. The summed E-state index contributed by atoms with van der Waals surface area (Å²) in [6.07, 6.45) is 1.99. The van der Waals surface area contributed by atoms with Gasteiger partial charge in [0.05, 0.1) is 18.1 Å². The Labute approximate surface area is 257 Å². The normalized spacial score (nSPS) is 19.0. The third-order valence-electron chi connectivity index (χ3n) is 6.46. The summed E-state index contributed by atoms with van der Waals surface area (Å²) in [5.74, 6) is 2.72. The van der Waals surface area contributed by atoms with Gasteiger partial charge in [0.15, 0.2) is 12.4 Å². The summed E-state index contributed by atoms with van der Waals surface area (Å²) in [4.78, 5) is 25.4. The lowest BCUT2D eigenvalue weighted by Gasteiger charge is -2.51. The Balaban J connectivity index is 1.92. The second kappa shape index (κ2) is 14.5. The Bertz CT molecular complexity index is 1460. The molecule has 1 aliphatic rings. The van der Waals surface area contributed by atoms with E-state index < -0.39 is 54.6 Å². The van der Waals surface area contributed by atoms with Crippen LogP contribution in [0.25, 0.3) is 11.9 Å². The second-order valence-corrected chi connectivity index (χ2v) is 19.0. The number of aliphatic hydroxyl groups excluding tert-OH is 1. The Kier molecular flexibility index (Phi) is 11.5. The van der Waals surface area contributed by atoms with Gasteiger partial charge in [-0.05, 0) is 36.7 Å². The van der Waals surface area contributed by atoms with E-state index in [1.165, 1.54) is 32.3 Å². The van der Waals surface area contributed by atoms with Crippen molar-refractivity contribution in [2.75, 3.05) is 39.4 Å². The fraction of sp³-hybridized carbons (Fsp3) is 0.429. The van der Waals surface area contributed by atoms with Crippen LogP contribution in [-0.2, 0) is 10.3 Å². The molecule has 0 radical (unpaired) electrons. The fourth-order valence-electron chi connectivity index (χ4n) is 4.03. The van der Waals surface area contributed by atoms with E-state index in [1.54, 1.807) is 0 Å². The van der Waals surface area contributed by atoms with E-state index in [9.17, 15) is 19.0 Å². The number of aliphatic imine (C=N–C) groups is 1. The Hall–Kier alpha value is -3.59. The molecule has 0 aliphatic carbocycles. The van der Waals surface area contributed by atoms with Crippen LogP contribution in [0.2, 0.25) is 25.7 Å². The van der Waals surface area contributed by atoms with Crippen LogP contribution in [0.1, 0.15) is 23.7 Å². The second-order valence-electron chi connectivity index (χ2n) is 11.3. The van der Waals surface area contributed by atoms with Crippen LogP contribution in [-0.4, -0.2) is 98.0 Å². The molecule has 44 heavy (non-hydrogen) atoms. The number of nitrogens with zero attached hydrogens (tertiary/aromatic N) is 5. The van der Waals surface area contributed by atoms with E-state index >= 15 is 8.78 Å². The number of halogens is 2. The van der Waals surface area contributed by atoms with Crippen molar-refractivity contribution >= 4 is 42.8 Å². The summed E-state index contributed by atoms with van der Waals surface area (Å²) < 4.78 is 64.1. The molecule has 1 unspecified atom stereocenters. The molecular weight excluding hydrogens is 616 g/mol. The zero-order valence-electron chi connectivity index (χ0n) is 25.1. The summed E-state index contributed by atoms with van der Waals surface area (Å²) in [5.41, 5.74) is -1.67. The number of guanidine groups is 1. The summed E-state index contributed by atoms with van der Waals surface area (Å²) in [5, 5.41) is 18.6. The van der Waals surface area contributed by atoms with Crippen molar-refractivity contribution in [1.29, 1.82) is 0 Å². The molecule has 1 aromatic carbocycles. The minimum Gasteiger partial charge on any atom is -0.465 e. The van der Waals surface area contributed by atoms with Gasteiger partial charge < -0.3 is 19.7 Å². The van der Waals surface area contributed by atoms with Gasteiger partial charge in [-0.15, -0.1) is 10.8 Å². The minimum absolute atomic E-state index is 0.0372. The van der Waals surface area contributed by atoms with E-state index in [-0.39, 0.29) is 41.9 Å². The minimum atomic E-state index is -3.67. The standard InChI is InChI=1S/C28H37F2N5O7SSi/c1-28(18-43(39,40)34(2)26(33-28)35(27(37)38)19-41-12-13-44(3,4)5)21-14-20(8-9-22(21)29)15-23(30)24-16-32-25(17-31-24)42-11-7-6-10-36/h8-9,14-17,36,39-40H,10-13,18-19H2,1-5H3,(H,37,38)/b23-15-. The number of aliphatic hydroxyl groups is 1. The van der Waals surface area contributed by atoms with Gasteiger partial charge in [-0.25, -0.2) is 37.7 Å². The maximum absolute atomic E-state index is 15.3. The van der Waals surface area contributed by atoms with Crippen molar-refractivity contribution in [3.05, 3.63) is 53.2 Å². The zero-order valence-corrected chi connectivity index (χ0v) is 26.9. The van der Waals surface area contributed by atoms with Crippen molar-refractivity contribution < 1.29 is 42.4 Å². The van der Waals surface area contributed by atoms with E-state index in [1.807, 2.05) is 0 Å². The fourth-order valence-corrected chi connectivity index (χ4v) is 6.35. The van der Waals surface area contributed by atoms with Crippen molar-refractivity contribution in [2.24, 2.45) is 4.99 Å². The van der Waals surface area contributed by atoms with Gasteiger partial charge in [0, 0.05) is 27.3 Å². The third kappa shape index (κ3) is 9.21. The van der Waals surface area contributed by atoms with Crippen LogP contribution in [0.15, 0.2) is 35.6 Å². The largest absolute Gasteiger partial charge is 0.465 e. The number of rotatable bonds is 10. The number of amides is 1. The van der Waals surface area contributed by atoms with Crippen LogP contribution in [0.4, 0.5) is 13.6 Å². The number of carbonyl (C=O) groups is 1. The van der Waals surface area contributed by atoms with Gasteiger partial charge in [-0.1, -0.05) is 37.5 Å². The number of ether oxygens (including phenoxy) is 2. The van der Waals surface area contributed by atoms with Crippen LogP contribution in [0.3, 0.4) is 0 Å². The highest BCUT2D eigenvalue weighted by Gasteiger charge is 2.45. The highest BCUT2D eigenvalue weighted by molar-refractivity contribution is 8.22. The zero-order chi connectivity index (χ0) is 32.7. The molecule has 1 aromatic heterocycles.